The van der Waals surface area contributed by atoms with Gasteiger partial charge in [0.1, 0.15) is 5.82 Å². The lowest BCUT2D eigenvalue weighted by molar-refractivity contribution is 0.592. The fourth-order valence-corrected chi connectivity index (χ4v) is 4.24. The smallest absolute Gasteiger partial charge is 0.249 e. The number of anilines is 1. The van der Waals surface area contributed by atoms with E-state index in [1.54, 1.807) is 30.5 Å². The van der Waals surface area contributed by atoms with Crippen LogP contribution in [-0.2, 0) is 16.4 Å². The number of rotatable bonds is 2. The molecule has 6 heteroatoms. The van der Waals surface area contributed by atoms with Gasteiger partial charge in [0.05, 0.1) is 4.90 Å². The zero-order valence-corrected chi connectivity index (χ0v) is 13.3. The molecule has 0 atom stereocenters. The summed E-state index contributed by atoms with van der Waals surface area (Å²) in [5, 5.41) is 0. The highest BCUT2D eigenvalue weighted by Crippen LogP contribution is 2.34. The first-order valence-corrected chi connectivity index (χ1v) is 8.46. The molecule has 2 heterocycles. The first-order valence-electron chi connectivity index (χ1n) is 6.23. The molecular weight excluding hydrogens is 340 g/mol. The molecule has 1 aliphatic heterocycles. The number of aromatic nitrogens is 1. The van der Waals surface area contributed by atoms with Crippen LogP contribution in [-0.4, -0.2) is 19.9 Å². The van der Waals surface area contributed by atoms with Gasteiger partial charge >= 0.3 is 0 Å². The number of aryl methyl sites for hydroxylation is 1. The van der Waals surface area contributed by atoms with Crippen molar-refractivity contribution in [3.8, 4) is 0 Å². The first-order chi connectivity index (χ1) is 9.50. The average Bonchev–Trinajstić information content (AvgIpc) is 2.85. The van der Waals surface area contributed by atoms with E-state index in [0.717, 1.165) is 15.6 Å². The van der Waals surface area contributed by atoms with Gasteiger partial charge in [0.25, 0.3) is 10.0 Å². The number of benzene rings is 1. The van der Waals surface area contributed by atoms with Crippen LogP contribution in [0.1, 0.15) is 11.1 Å². The molecule has 0 saturated carbocycles. The second-order valence-electron chi connectivity index (χ2n) is 4.74. The first kappa shape index (κ1) is 13.6. The predicted molar refractivity (Wildman–Crippen MR) is 81.4 cm³/mol. The minimum Gasteiger partial charge on any atom is -0.249 e. The van der Waals surface area contributed by atoms with E-state index in [1.807, 2.05) is 13.0 Å². The van der Waals surface area contributed by atoms with Crippen molar-refractivity contribution in [3.63, 3.8) is 0 Å². The van der Waals surface area contributed by atoms with E-state index in [0.29, 0.717) is 23.7 Å². The van der Waals surface area contributed by atoms with Crippen LogP contribution < -0.4 is 4.31 Å². The summed E-state index contributed by atoms with van der Waals surface area (Å²) >= 11 is 3.45. The van der Waals surface area contributed by atoms with Gasteiger partial charge in [-0.15, -0.1) is 0 Å². The molecule has 2 aromatic rings. The summed E-state index contributed by atoms with van der Waals surface area (Å²) in [4.78, 5) is 4.53. The molecule has 0 radical (unpaired) electrons. The lowest BCUT2D eigenvalue weighted by Gasteiger charge is -2.18. The topological polar surface area (TPSA) is 50.3 Å². The molecule has 0 spiro atoms. The summed E-state index contributed by atoms with van der Waals surface area (Å²) in [7, 11) is -3.54. The van der Waals surface area contributed by atoms with Crippen molar-refractivity contribution in [2.75, 3.05) is 10.8 Å². The zero-order chi connectivity index (χ0) is 14.3. The molecule has 0 unspecified atom stereocenters. The second-order valence-corrected chi connectivity index (χ2v) is 7.45. The van der Waals surface area contributed by atoms with E-state index < -0.39 is 10.0 Å². The van der Waals surface area contributed by atoms with Crippen molar-refractivity contribution in [1.82, 2.24) is 4.98 Å². The number of sulfonamides is 1. The molecule has 0 aliphatic carbocycles. The van der Waals surface area contributed by atoms with Crippen LogP contribution in [0.5, 0.6) is 0 Å². The number of halogens is 1. The maximum atomic E-state index is 12.7. The van der Waals surface area contributed by atoms with Crippen LogP contribution in [0.3, 0.4) is 0 Å². The Morgan fingerprint density at radius 3 is 2.60 bits per heavy atom. The van der Waals surface area contributed by atoms with Gasteiger partial charge in [-0.2, -0.15) is 0 Å². The molecule has 0 bridgehead atoms. The van der Waals surface area contributed by atoms with Crippen LogP contribution in [0.25, 0.3) is 0 Å². The summed E-state index contributed by atoms with van der Waals surface area (Å²) < 4.78 is 27.7. The van der Waals surface area contributed by atoms with Crippen LogP contribution in [0, 0.1) is 6.92 Å². The Hall–Kier alpha value is -1.40. The SMILES string of the molecule is Cc1ccc(S(=O)(=O)N2CCc3c(Br)ccnc32)cc1. The van der Waals surface area contributed by atoms with Gasteiger partial charge in [0.2, 0.25) is 0 Å². The summed E-state index contributed by atoms with van der Waals surface area (Å²) in [5.41, 5.74) is 1.98. The van der Waals surface area contributed by atoms with Crippen LogP contribution in [0.15, 0.2) is 45.9 Å². The lowest BCUT2D eigenvalue weighted by Crippen LogP contribution is -2.29. The highest BCUT2D eigenvalue weighted by atomic mass is 79.9. The quantitative estimate of drug-likeness (QED) is 0.834. The van der Waals surface area contributed by atoms with Gasteiger partial charge in [0, 0.05) is 22.8 Å². The molecule has 1 aliphatic rings. The lowest BCUT2D eigenvalue weighted by atomic mass is 10.2. The van der Waals surface area contributed by atoms with Gasteiger partial charge in [-0.05, 0) is 31.5 Å². The van der Waals surface area contributed by atoms with Crippen molar-refractivity contribution in [2.45, 2.75) is 18.2 Å². The average molecular weight is 353 g/mol. The van der Waals surface area contributed by atoms with E-state index in [2.05, 4.69) is 20.9 Å². The van der Waals surface area contributed by atoms with E-state index in [1.165, 1.54) is 4.31 Å². The Morgan fingerprint density at radius 2 is 1.90 bits per heavy atom. The fraction of sp³-hybridized carbons (Fsp3) is 0.214. The molecular formula is C14H13BrN2O2S. The third-order valence-corrected chi connectivity index (χ3v) is 5.93. The Balaban J connectivity index is 2.07. The summed E-state index contributed by atoms with van der Waals surface area (Å²) in [6.07, 6.45) is 2.29. The Bertz CT molecular complexity index is 757. The fourth-order valence-electron chi connectivity index (χ4n) is 2.30. The Labute approximate surface area is 126 Å². The predicted octanol–water partition coefficient (Wildman–Crippen LogP) is 2.90. The van der Waals surface area contributed by atoms with Crippen molar-refractivity contribution in [2.24, 2.45) is 0 Å². The Morgan fingerprint density at radius 1 is 1.20 bits per heavy atom. The number of hydrogen-bond donors (Lipinski definition) is 0. The van der Waals surface area contributed by atoms with Gasteiger partial charge in [-0.25, -0.2) is 17.7 Å². The molecule has 1 aromatic carbocycles. The molecule has 104 valence electrons. The third kappa shape index (κ3) is 2.13. The van der Waals surface area contributed by atoms with Crippen LogP contribution in [0.2, 0.25) is 0 Å². The highest BCUT2D eigenvalue weighted by Gasteiger charge is 2.32. The van der Waals surface area contributed by atoms with Crippen LogP contribution in [0.4, 0.5) is 5.82 Å². The van der Waals surface area contributed by atoms with E-state index >= 15 is 0 Å². The maximum absolute atomic E-state index is 12.7. The van der Waals surface area contributed by atoms with E-state index in [-0.39, 0.29) is 0 Å². The highest BCUT2D eigenvalue weighted by molar-refractivity contribution is 9.10. The molecule has 1 aromatic heterocycles. The summed E-state index contributed by atoms with van der Waals surface area (Å²) in [5.74, 6) is 0.528. The number of nitrogens with zero attached hydrogens (tertiary/aromatic N) is 2. The normalized spacial score (nSPS) is 14.4. The van der Waals surface area contributed by atoms with Gasteiger partial charge in [-0.3, -0.25) is 0 Å². The van der Waals surface area contributed by atoms with Gasteiger partial charge in [0.15, 0.2) is 0 Å². The molecule has 20 heavy (non-hydrogen) atoms. The van der Waals surface area contributed by atoms with Crippen LogP contribution >= 0.6 is 15.9 Å². The van der Waals surface area contributed by atoms with Gasteiger partial charge < -0.3 is 0 Å². The van der Waals surface area contributed by atoms with E-state index in [9.17, 15) is 8.42 Å². The van der Waals surface area contributed by atoms with Crippen molar-refractivity contribution in [3.05, 3.63) is 52.1 Å². The number of fused-ring (bicyclic) bond motifs is 1. The maximum Gasteiger partial charge on any atom is 0.265 e. The molecule has 0 fully saturated rings. The van der Waals surface area contributed by atoms with Crippen molar-refractivity contribution < 1.29 is 8.42 Å². The van der Waals surface area contributed by atoms with Gasteiger partial charge in [-0.1, -0.05) is 33.6 Å². The second kappa shape index (κ2) is 4.86. The Kier molecular flexibility index (Phi) is 3.30. The minimum atomic E-state index is -3.54. The van der Waals surface area contributed by atoms with E-state index in [4.69, 9.17) is 0 Å². The number of pyridine rings is 1. The monoisotopic (exact) mass is 352 g/mol. The number of hydrogen-bond acceptors (Lipinski definition) is 3. The molecule has 0 saturated heterocycles. The summed E-state index contributed by atoms with van der Waals surface area (Å²) in [6, 6.07) is 8.72. The largest absolute Gasteiger partial charge is 0.265 e. The summed E-state index contributed by atoms with van der Waals surface area (Å²) in [6.45, 7) is 2.36. The molecule has 0 amide bonds. The molecule has 4 nitrogen and oxygen atoms in total. The van der Waals surface area contributed by atoms with Crippen molar-refractivity contribution in [1.29, 1.82) is 0 Å². The zero-order valence-electron chi connectivity index (χ0n) is 10.9. The minimum absolute atomic E-state index is 0.303. The standard InChI is InChI=1S/C14H13BrN2O2S/c1-10-2-4-11(5-3-10)20(18,19)17-9-7-12-13(15)6-8-16-14(12)17/h2-6,8H,7,9H2,1H3. The molecule has 3 rings (SSSR count). The molecule has 0 N–H and O–H groups in total. The van der Waals surface area contributed by atoms with Crippen molar-refractivity contribution >= 4 is 31.8 Å². The third-order valence-electron chi connectivity index (χ3n) is 3.39.